The van der Waals surface area contributed by atoms with Gasteiger partial charge in [0.1, 0.15) is 0 Å². The van der Waals surface area contributed by atoms with Gasteiger partial charge in [0.2, 0.25) is 0 Å². The van der Waals surface area contributed by atoms with Crippen molar-refractivity contribution in [1.82, 2.24) is 4.90 Å². The lowest BCUT2D eigenvalue weighted by Crippen LogP contribution is -2.41. The second-order valence-electron chi connectivity index (χ2n) is 6.76. The molecule has 0 bridgehead atoms. The van der Waals surface area contributed by atoms with E-state index in [4.69, 9.17) is 0 Å². The van der Waals surface area contributed by atoms with Crippen molar-refractivity contribution in [2.45, 2.75) is 19.8 Å². The molecular formula is C20H23F2IN2O3S. The van der Waals surface area contributed by atoms with Crippen LogP contribution in [0.2, 0.25) is 0 Å². The molecule has 3 N–H and O–H groups in total. The van der Waals surface area contributed by atoms with Crippen LogP contribution in [0.15, 0.2) is 52.3 Å². The molecule has 0 saturated carbocycles. The van der Waals surface area contributed by atoms with Crippen molar-refractivity contribution in [3.63, 3.8) is 0 Å². The molecule has 158 valence electrons. The molecule has 29 heavy (non-hydrogen) atoms. The Morgan fingerprint density at radius 1 is 1.03 bits per heavy atom. The van der Waals surface area contributed by atoms with E-state index in [0.29, 0.717) is 18.8 Å². The van der Waals surface area contributed by atoms with Gasteiger partial charge in [0.05, 0.1) is 37.2 Å². The van der Waals surface area contributed by atoms with Crippen LogP contribution in [0.25, 0.3) is 0 Å². The van der Waals surface area contributed by atoms with Gasteiger partial charge in [-0.25, -0.2) is 0 Å². The summed E-state index contributed by atoms with van der Waals surface area (Å²) in [6.07, 6.45) is -0.805. The minimum absolute atomic E-state index is 0.0765. The van der Waals surface area contributed by atoms with E-state index in [1.807, 2.05) is 29.2 Å². The average molecular weight is 536 g/mol. The molecule has 2 aromatic rings. The second-order valence-corrected chi connectivity index (χ2v) is 9.20. The zero-order valence-corrected chi connectivity index (χ0v) is 18.6. The fourth-order valence-electron chi connectivity index (χ4n) is 3.35. The number of fused-ring (bicyclic) bond motifs is 2. The number of para-hydroxylation sites is 1. The summed E-state index contributed by atoms with van der Waals surface area (Å²) in [4.78, 5) is 5.48. The molecule has 3 rings (SSSR count). The molecule has 9 heteroatoms. The first kappa shape index (κ1) is 22.7. The van der Waals surface area contributed by atoms with Gasteiger partial charge in [-0.3, -0.25) is 4.90 Å². The number of hydrogen-bond donors (Lipinski definition) is 3. The Morgan fingerprint density at radius 2 is 1.69 bits per heavy atom. The summed E-state index contributed by atoms with van der Waals surface area (Å²) in [5.41, 5.74) is 1.41. The molecule has 0 fully saturated rings. The van der Waals surface area contributed by atoms with Crippen molar-refractivity contribution >= 4 is 45.7 Å². The van der Waals surface area contributed by atoms with Gasteiger partial charge in [-0.15, -0.1) is 0 Å². The van der Waals surface area contributed by atoms with Crippen LogP contribution in [0, 0.1) is 0 Å². The third-order valence-electron chi connectivity index (χ3n) is 4.65. The van der Waals surface area contributed by atoms with Crippen LogP contribution in [0.4, 0.5) is 20.2 Å². The van der Waals surface area contributed by atoms with Crippen molar-refractivity contribution in [2.75, 3.05) is 44.3 Å². The van der Waals surface area contributed by atoms with Crippen LogP contribution >= 0.6 is 34.4 Å². The first-order valence-electron chi connectivity index (χ1n) is 9.21. The average Bonchev–Trinajstić information content (AvgIpc) is 2.67. The number of hydrogen-bond acceptors (Lipinski definition) is 6. The number of anilines is 2. The summed E-state index contributed by atoms with van der Waals surface area (Å²) in [5, 5.41) is 29.1. The molecule has 2 aromatic carbocycles. The standard InChI is InChI=1S/C20H23F2IN2O3S/c21-20(22,23)14-5-6-19-17(11-14)25(16-3-1-2-4-18(16)29-19)13-15(28)12-24(7-9-26)8-10-27/h1-6,11,15,26-28H,7-10,12-13H2. The van der Waals surface area contributed by atoms with Gasteiger partial charge in [0, 0.05) is 57.6 Å². The fourth-order valence-corrected chi connectivity index (χ4v) is 4.76. The molecule has 0 aromatic heterocycles. The summed E-state index contributed by atoms with van der Waals surface area (Å²) in [5.74, 6) is 0. The summed E-state index contributed by atoms with van der Waals surface area (Å²) in [6, 6.07) is 12.3. The van der Waals surface area contributed by atoms with Crippen LogP contribution in [0.3, 0.4) is 0 Å². The van der Waals surface area contributed by atoms with E-state index < -0.39 is 10.0 Å². The van der Waals surface area contributed by atoms with Crippen LogP contribution in [0.1, 0.15) is 5.56 Å². The Labute approximate surface area is 186 Å². The van der Waals surface area contributed by atoms with Crippen molar-refractivity contribution in [1.29, 1.82) is 0 Å². The minimum atomic E-state index is -2.99. The van der Waals surface area contributed by atoms with E-state index in [1.54, 1.807) is 11.0 Å². The van der Waals surface area contributed by atoms with Crippen LogP contribution < -0.4 is 4.90 Å². The van der Waals surface area contributed by atoms with Gasteiger partial charge in [0.25, 0.3) is 0 Å². The highest BCUT2D eigenvalue weighted by molar-refractivity contribution is 14.1. The van der Waals surface area contributed by atoms with E-state index in [2.05, 4.69) is 0 Å². The number of alkyl halides is 3. The highest BCUT2D eigenvalue weighted by Crippen LogP contribution is 2.50. The maximum absolute atomic E-state index is 13.9. The van der Waals surface area contributed by atoms with Gasteiger partial charge >= 0.3 is 3.93 Å². The van der Waals surface area contributed by atoms with Crippen molar-refractivity contribution in [2.24, 2.45) is 0 Å². The predicted molar refractivity (Wildman–Crippen MR) is 119 cm³/mol. The quantitative estimate of drug-likeness (QED) is 0.337. The Kier molecular flexibility index (Phi) is 7.74. The normalized spacial score (nSPS) is 14.7. The third kappa shape index (κ3) is 5.59. The van der Waals surface area contributed by atoms with Crippen LogP contribution in [-0.4, -0.2) is 65.7 Å². The van der Waals surface area contributed by atoms with E-state index in [-0.39, 0.29) is 31.9 Å². The number of halogens is 3. The molecule has 0 saturated heterocycles. The lowest BCUT2D eigenvalue weighted by molar-refractivity contribution is 0.0917. The first-order chi connectivity index (χ1) is 13.8. The second kappa shape index (κ2) is 9.88. The molecule has 1 heterocycles. The lowest BCUT2D eigenvalue weighted by Gasteiger charge is -2.35. The van der Waals surface area contributed by atoms with Crippen molar-refractivity contribution < 1.29 is 24.1 Å². The monoisotopic (exact) mass is 536 g/mol. The number of rotatable bonds is 9. The smallest absolute Gasteiger partial charge is 0.321 e. The maximum atomic E-state index is 13.9. The summed E-state index contributed by atoms with van der Waals surface area (Å²) < 4.78 is 24.8. The van der Waals surface area contributed by atoms with E-state index in [0.717, 1.165) is 38.1 Å². The van der Waals surface area contributed by atoms with Gasteiger partial charge in [-0.1, -0.05) is 30.0 Å². The molecular weight excluding hydrogens is 513 g/mol. The van der Waals surface area contributed by atoms with Gasteiger partial charge in [-0.2, -0.15) is 8.78 Å². The zero-order chi connectivity index (χ0) is 21.0. The predicted octanol–water partition coefficient (Wildman–Crippen LogP) is 3.42. The molecule has 0 radical (unpaired) electrons. The Hall–Kier alpha value is -0.980. The molecule has 0 aliphatic carbocycles. The summed E-state index contributed by atoms with van der Waals surface area (Å²) in [6.45, 7) is 0.982. The maximum Gasteiger partial charge on any atom is 0.321 e. The van der Waals surface area contributed by atoms with Crippen molar-refractivity contribution in [3.8, 4) is 0 Å². The lowest BCUT2D eigenvalue weighted by atomic mass is 10.1. The van der Waals surface area contributed by atoms with E-state index in [1.165, 1.54) is 23.9 Å². The summed E-state index contributed by atoms with van der Waals surface area (Å²) >= 11 is 2.64. The Morgan fingerprint density at radius 3 is 2.34 bits per heavy atom. The number of nitrogens with zero attached hydrogens (tertiary/aromatic N) is 2. The van der Waals surface area contributed by atoms with E-state index >= 15 is 0 Å². The molecule has 1 unspecified atom stereocenters. The van der Waals surface area contributed by atoms with Gasteiger partial charge in [0.15, 0.2) is 0 Å². The number of β-amino-alcohol motifs (C(OH)–C–C–N with tert-alkyl or cyclic N) is 1. The Bertz CT molecular complexity index is 832. The highest BCUT2D eigenvalue weighted by atomic mass is 127. The van der Waals surface area contributed by atoms with Crippen molar-refractivity contribution in [3.05, 3.63) is 48.0 Å². The molecule has 0 amide bonds. The largest absolute Gasteiger partial charge is 0.395 e. The number of aliphatic hydroxyl groups is 3. The van der Waals surface area contributed by atoms with Gasteiger partial charge in [-0.05, 0) is 24.3 Å². The highest BCUT2D eigenvalue weighted by Gasteiger charge is 2.31. The molecule has 5 nitrogen and oxygen atoms in total. The molecule has 0 spiro atoms. The number of benzene rings is 2. The third-order valence-corrected chi connectivity index (χ3v) is 6.40. The van der Waals surface area contributed by atoms with Crippen LogP contribution in [0.5, 0.6) is 0 Å². The van der Waals surface area contributed by atoms with E-state index in [9.17, 15) is 24.1 Å². The number of aliphatic hydroxyl groups excluding tert-OH is 3. The van der Waals surface area contributed by atoms with Gasteiger partial charge < -0.3 is 20.2 Å². The zero-order valence-electron chi connectivity index (χ0n) is 15.6. The summed E-state index contributed by atoms with van der Waals surface area (Å²) in [7, 11) is 0. The fraction of sp³-hybridized carbons (Fsp3) is 0.400. The Balaban J connectivity index is 1.90. The molecule has 1 aliphatic rings. The molecule has 1 atom stereocenters. The topological polar surface area (TPSA) is 67.2 Å². The van der Waals surface area contributed by atoms with Crippen LogP contribution in [-0.2, 0) is 3.93 Å². The molecule has 1 aliphatic heterocycles. The SMILES string of the molecule is OCCN(CCO)CC(O)CN1c2ccccc2Sc2ccc(C(F)(F)I)cc21. The minimum Gasteiger partial charge on any atom is -0.395 e. The first-order valence-corrected chi connectivity index (χ1v) is 11.1.